The average Bonchev–Trinajstić information content (AvgIpc) is 2.46. The van der Waals surface area contributed by atoms with Gasteiger partial charge in [-0.3, -0.25) is 10.1 Å². The summed E-state index contributed by atoms with van der Waals surface area (Å²) in [5, 5.41) is 10.8. The van der Waals surface area contributed by atoms with E-state index in [-0.39, 0.29) is 27.0 Å². The molecular weight excluding hydrogens is 374 g/mol. The Labute approximate surface area is 137 Å². The molecule has 2 atom stereocenters. The van der Waals surface area contributed by atoms with Gasteiger partial charge in [0.05, 0.1) is 14.3 Å². The van der Waals surface area contributed by atoms with Gasteiger partial charge < -0.3 is 5.73 Å². The van der Waals surface area contributed by atoms with Crippen LogP contribution in [0.4, 0.5) is 5.69 Å². The van der Waals surface area contributed by atoms with Gasteiger partial charge >= 0.3 is 0 Å². The van der Waals surface area contributed by atoms with Crippen molar-refractivity contribution in [1.29, 1.82) is 0 Å². The molecule has 0 amide bonds. The van der Waals surface area contributed by atoms with E-state index in [0.717, 1.165) is 12.8 Å². The van der Waals surface area contributed by atoms with Crippen molar-refractivity contribution < 1.29 is 13.3 Å². The Bertz CT molecular complexity index is 678. The molecule has 7 nitrogen and oxygen atoms in total. The third-order valence-electron chi connectivity index (χ3n) is 3.92. The molecule has 0 spiro atoms. The van der Waals surface area contributed by atoms with Gasteiger partial charge in [-0.05, 0) is 53.7 Å². The summed E-state index contributed by atoms with van der Waals surface area (Å²) < 4.78 is 26.9. The second kappa shape index (κ2) is 6.61. The maximum atomic E-state index is 12.7. The Hall–Kier alpha value is -1.03. The Morgan fingerprint density at radius 3 is 2.73 bits per heavy atom. The molecule has 0 bridgehead atoms. The van der Waals surface area contributed by atoms with E-state index in [9.17, 15) is 18.5 Å². The lowest BCUT2D eigenvalue weighted by Crippen LogP contribution is -2.44. The summed E-state index contributed by atoms with van der Waals surface area (Å²) in [5.74, 6) is 0.130. The van der Waals surface area contributed by atoms with Crippen molar-refractivity contribution >= 4 is 31.6 Å². The molecule has 0 aromatic heterocycles. The second-order valence-electron chi connectivity index (χ2n) is 5.49. The van der Waals surface area contributed by atoms with Gasteiger partial charge in [0.2, 0.25) is 10.0 Å². The van der Waals surface area contributed by atoms with Crippen molar-refractivity contribution in [3.8, 4) is 0 Å². The van der Waals surface area contributed by atoms with Crippen LogP contribution < -0.4 is 5.73 Å². The van der Waals surface area contributed by atoms with Crippen molar-refractivity contribution in [2.75, 3.05) is 13.1 Å². The molecule has 0 saturated carbocycles. The monoisotopic (exact) mass is 391 g/mol. The van der Waals surface area contributed by atoms with Gasteiger partial charge in [-0.25, -0.2) is 8.42 Å². The molecule has 1 fully saturated rings. The largest absolute Gasteiger partial charge is 0.328 e. The van der Waals surface area contributed by atoms with E-state index < -0.39 is 14.9 Å². The quantitative estimate of drug-likeness (QED) is 0.624. The van der Waals surface area contributed by atoms with E-state index in [4.69, 9.17) is 5.73 Å². The predicted molar refractivity (Wildman–Crippen MR) is 85.9 cm³/mol. The normalized spacial score (nSPS) is 21.5. The molecular formula is C13H18BrN3O4S. The fraction of sp³-hybridized carbons (Fsp3) is 0.538. The summed E-state index contributed by atoms with van der Waals surface area (Å²) >= 11 is 3.05. The topological polar surface area (TPSA) is 107 Å². The van der Waals surface area contributed by atoms with Crippen molar-refractivity contribution in [3.05, 3.63) is 32.8 Å². The highest BCUT2D eigenvalue weighted by Gasteiger charge is 2.32. The van der Waals surface area contributed by atoms with Crippen LogP contribution in [0.15, 0.2) is 27.6 Å². The van der Waals surface area contributed by atoms with Crippen LogP contribution in [0.3, 0.4) is 0 Å². The van der Waals surface area contributed by atoms with Gasteiger partial charge in [0.25, 0.3) is 5.69 Å². The van der Waals surface area contributed by atoms with E-state index in [1.165, 1.54) is 22.5 Å². The lowest BCUT2D eigenvalue weighted by molar-refractivity contribution is -0.385. The maximum absolute atomic E-state index is 12.7. The number of nitrogens with two attached hydrogens (primary N) is 1. The van der Waals surface area contributed by atoms with Crippen LogP contribution in [0, 0.1) is 16.0 Å². The number of halogens is 1. The van der Waals surface area contributed by atoms with Crippen LogP contribution in [-0.2, 0) is 10.0 Å². The Kier molecular flexibility index (Phi) is 5.21. The molecule has 1 aromatic carbocycles. The average molecular weight is 392 g/mol. The molecule has 9 heteroatoms. The fourth-order valence-electron chi connectivity index (χ4n) is 2.57. The molecule has 1 heterocycles. The number of hydrogen-bond donors (Lipinski definition) is 1. The Morgan fingerprint density at radius 1 is 1.50 bits per heavy atom. The second-order valence-corrected chi connectivity index (χ2v) is 8.29. The minimum Gasteiger partial charge on any atom is -0.328 e. The predicted octanol–water partition coefficient (Wildman–Crippen LogP) is 2.11. The van der Waals surface area contributed by atoms with Crippen molar-refractivity contribution in [2.24, 2.45) is 11.7 Å². The van der Waals surface area contributed by atoms with Crippen molar-refractivity contribution in [2.45, 2.75) is 30.7 Å². The van der Waals surface area contributed by atoms with E-state index >= 15 is 0 Å². The van der Waals surface area contributed by atoms with Crippen LogP contribution in [0.1, 0.15) is 19.8 Å². The number of benzene rings is 1. The molecule has 1 aromatic rings. The van der Waals surface area contributed by atoms with Crippen LogP contribution in [0.2, 0.25) is 0 Å². The zero-order valence-electron chi connectivity index (χ0n) is 12.1. The summed E-state index contributed by atoms with van der Waals surface area (Å²) in [6.07, 6.45) is 1.67. The van der Waals surface area contributed by atoms with Crippen LogP contribution >= 0.6 is 15.9 Å². The molecule has 2 rings (SSSR count). The van der Waals surface area contributed by atoms with Crippen LogP contribution in [0.5, 0.6) is 0 Å². The van der Waals surface area contributed by atoms with Crippen LogP contribution in [-0.4, -0.2) is 36.8 Å². The first kappa shape index (κ1) is 17.3. The first-order chi connectivity index (χ1) is 10.2. The van der Waals surface area contributed by atoms with Gasteiger partial charge in [0.15, 0.2) is 0 Å². The molecule has 1 saturated heterocycles. The number of nitrogens with zero attached hydrogens (tertiary/aromatic N) is 2. The highest BCUT2D eigenvalue weighted by Crippen LogP contribution is 2.30. The van der Waals surface area contributed by atoms with Crippen molar-refractivity contribution in [3.63, 3.8) is 0 Å². The van der Waals surface area contributed by atoms with Gasteiger partial charge in [0.1, 0.15) is 0 Å². The summed E-state index contributed by atoms with van der Waals surface area (Å²) in [6.45, 7) is 2.71. The summed E-state index contributed by atoms with van der Waals surface area (Å²) in [7, 11) is -3.67. The smallest absolute Gasteiger partial charge is 0.283 e. The SMILES string of the molecule is CC(N)C1CCCN(S(=O)(=O)c2ccc([N+](=O)[O-])c(Br)c2)C1. The molecule has 1 aliphatic rings. The Balaban J connectivity index is 2.30. The minimum atomic E-state index is -3.67. The molecule has 0 radical (unpaired) electrons. The first-order valence-corrected chi connectivity index (χ1v) is 9.16. The highest BCUT2D eigenvalue weighted by atomic mass is 79.9. The molecule has 22 heavy (non-hydrogen) atoms. The number of nitro benzene ring substituents is 1. The lowest BCUT2D eigenvalue weighted by Gasteiger charge is -2.33. The van der Waals surface area contributed by atoms with E-state index in [1.54, 1.807) is 0 Å². The molecule has 2 N–H and O–H groups in total. The van der Waals surface area contributed by atoms with E-state index in [0.29, 0.717) is 13.1 Å². The van der Waals surface area contributed by atoms with E-state index in [2.05, 4.69) is 15.9 Å². The lowest BCUT2D eigenvalue weighted by atomic mass is 9.93. The van der Waals surface area contributed by atoms with Crippen LogP contribution in [0.25, 0.3) is 0 Å². The third kappa shape index (κ3) is 3.48. The first-order valence-electron chi connectivity index (χ1n) is 6.93. The number of sulfonamides is 1. The standard InChI is InChI=1S/C13H18BrN3O4S/c1-9(15)10-3-2-6-16(8-10)22(20,21)11-4-5-13(17(18)19)12(14)7-11/h4-5,7,9-10H,2-3,6,8,15H2,1H3. The van der Waals surface area contributed by atoms with Gasteiger partial charge in [-0.2, -0.15) is 4.31 Å². The number of rotatable bonds is 4. The van der Waals surface area contributed by atoms with E-state index in [1.807, 2.05) is 6.92 Å². The third-order valence-corrected chi connectivity index (χ3v) is 6.41. The van der Waals surface area contributed by atoms with Gasteiger partial charge in [0, 0.05) is 25.2 Å². The number of piperidine rings is 1. The number of hydrogen-bond acceptors (Lipinski definition) is 5. The summed E-state index contributed by atoms with van der Waals surface area (Å²) in [4.78, 5) is 10.3. The van der Waals surface area contributed by atoms with Gasteiger partial charge in [-0.1, -0.05) is 0 Å². The summed E-state index contributed by atoms with van der Waals surface area (Å²) in [6, 6.07) is 3.68. The molecule has 122 valence electrons. The summed E-state index contributed by atoms with van der Waals surface area (Å²) in [5.41, 5.74) is 5.72. The van der Waals surface area contributed by atoms with Crippen molar-refractivity contribution in [1.82, 2.24) is 4.31 Å². The molecule has 0 aliphatic carbocycles. The maximum Gasteiger partial charge on any atom is 0.283 e. The van der Waals surface area contributed by atoms with Gasteiger partial charge in [-0.15, -0.1) is 0 Å². The fourth-order valence-corrected chi connectivity index (χ4v) is 4.80. The number of nitro groups is 1. The highest BCUT2D eigenvalue weighted by molar-refractivity contribution is 9.10. The molecule has 1 aliphatic heterocycles. The molecule has 2 unspecified atom stereocenters. The minimum absolute atomic E-state index is 0.0512. The zero-order chi connectivity index (χ0) is 16.5. The Morgan fingerprint density at radius 2 is 2.18 bits per heavy atom. The zero-order valence-corrected chi connectivity index (χ0v) is 14.5.